The van der Waals surface area contributed by atoms with E-state index in [0.29, 0.717) is 6.04 Å². The van der Waals surface area contributed by atoms with Crippen LogP contribution in [0.15, 0.2) is 16.5 Å². The van der Waals surface area contributed by atoms with Gasteiger partial charge in [0.05, 0.1) is 18.6 Å². The molecule has 0 saturated carbocycles. The molecule has 100 valence electrons. The minimum atomic E-state index is 0.103. The summed E-state index contributed by atoms with van der Waals surface area (Å²) in [5.41, 5.74) is 0.103. The van der Waals surface area contributed by atoms with Gasteiger partial charge in [-0.05, 0) is 32.5 Å². The first-order valence-corrected chi connectivity index (χ1v) is 6.75. The molecule has 1 N–H and O–H groups in total. The Morgan fingerprint density at radius 3 is 2.83 bits per heavy atom. The standard InChI is InChI=1S/C14H22N2O2/c1-11-3-4-13(18-11)14(9-17-10-14)7-12-8-15-5-6-16(12)2/h3-4,12,15H,5-10H2,1-2H3. The van der Waals surface area contributed by atoms with Crippen LogP contribution in [0.4, 0.5) is 0 Å². The first-order chi connectivity index (χ1) is 8.70. The first-order valence-electron chi connectivity index (χ1n) is 6.75. The number of hydrogen-bond donors (Lipinski definition) is 1. The third-order valence-electron chi connectivity index (χ3n) is 4.29. The molecule has 3 rings (SSSR count). The van der Waals surface area contributed by atoms with Crippen LogP contribution in [-0.2, 0) is 10.2 Å². The molecule has 18 heavy (non-hydrogen) atoms. The van der Waals surface area contributed by atoms with Crippen molar-refractivity contribution >= 4 is 0 Å². The van der Waals surface area contributed by atoms with Crippen LogP contribution in [-0.4, -0.2) is 50.8 Å². The van der Waals surface area contributed by atoms with Crippen LogP contribution in [0.5, 0.6) is 0 Å². The normalized spacial score (nSPS) is 28.0. The summed E-state index contributed by atoms with van der Waals surface area (Å²) >= 11 is 0. The fourth-order valence-electron chi connectivity index (χ4n) is 2.97. The molecule has 4 nitrogen and oxygen atoms in total. The van der Waals surface area contributed by atoms with Crippen LogP contribution in [0.1, 0.15) is 17.9 Å². The van der Waals surface area contributed by atoms with E-state index in [0.717, 1.165) is 50.8 Å². The maximum absolute atomic E-state index is 5.85. The third-order valence-corrected chi connectivity index (χ3v) is 4.29. The molecule has 1 unspecified atom stereocenters. The van der Waals surface area contributed by atoms with Crippen LogP contribution in [0.2, 0.25) is 0 Å². The maximum Gasteiger partial charge on any atom is 0.115 e. The zero-order chi connectivity index (χ0) is 12.6. The van der Waals surface area contributed by atoms with E-state index in [1.807, 2.05) is 6.92 Å². The van der Waals surface area contributed by atoms with E-state index in [9.17, 15) is 0 Å². The van der Waals surface area contributed by atoms with Crippen molar-refractivity contribution in [1.29, 1.82) is 0 Å². The smallest absolute Gasteiger partial charge is 0.115 e. The molecule has 2 aliphatic heterocycles. The highest BCUT2D eigenvalue weighted by Crippen LogP contribution is 2.38. The van der Waals surface area contributed by atoms with Gasteiger partial charge in [-0.3, -0.25) is 0 Å². The SMILES string of the molecule is Cc1ccc(C2(CC3CNCCN3C)COC2)o1. The summed E-state index contributed by atoms with van der Waals surface area (Å²) in [7, 11) is 2.21. The lowest BCUT2D eigenvalue weighted by Crippen LogP contribution is -2.56. The Morgan fingerprint density at radius 2 is 2.28 bits per heavy atom. The Bertz CT molecular complexity index is 412. The van der Waals surface area contributed by atoms with Gasteiger partial charge in [0.1, 0.15) is 11.5 Å². The Labute approximate surface area is 108 Å². The van der Waals surface area contributed by atoms with Crippen molar-refractivity contribution < 1.29 is 9.15 Å². The van der Waals surface area contributed by atoms with Crippen molar-refractivity contribution in [2.45, 2.75) is 24.8 Å². The number of aryl methyl sites for hydroxylation is 1. The molecule has 0 aromatic carbocycles. The number of rotatable bonds is 3. The fourth-order valence-corrected chi connectivity index (χ4v) is 2.97. The summed E-state index contributed by atoms with van der Waals surface area (Å²) in [4.78, 5) is 2.45. The van der Waals surface area contributed by atoms with Crippen LogP contribution in [0, 0.1) is 6.92 Å². The number of nitrogens with one attached hydrogen (secondary N) is 1. The molecule has 2 fully saturated rings. The van der Waals surface area contributed by atoms with Gasteiger partial charge in [0, 0.05) is 25.7 Å². The largest absolute Gasteiger partial charge is 0.466 e. The summed E-state index contributed by atoms with van der Waals surface area (Å²) in [6.45, 7) is 6.88. The molecule has 0 amide bonds. The third kappa shape index (κ3) is 2.09. The summed E-state index contributed by atoms with van der Waals surface area (Å²) in [5.74, 6) is 2.09. The van der Waals surface area contributed by atoms with Crippen molar-refractivity contribution in [2.24, 2.45) is 0 Å². The molecule has 2 saturated heterocycles. The van der Waals surface area contributed by atoms with Gasteiger partial charge in [-0.25, -0.2) is 0 Å². The van der Waals surface area contributed by atoms with Crippen molar-refractivity contribution in [1.82, 2.24) is 10.2 Å². The second-order valence-corrected chi connectivity index (χ2v) is 5.73. The topological polar surface area (TPSA) is 37.6 Å². The van der Waals surface area contributed by atoms with Crippen molar-refractivity contribution in [3.63, 3.8) is 0 Å². The van der Waals surface area contributed by atoms with Crippen molar-refractivity contribution in [2.75, 3.05) is 39.9 Å². The Morgan fingerprint density at radius 1 is 1.44 bits per heavy atom. The second-order valence-electron chi connectivity index (χ2n) is 5.73. The van der Waals surface area contributed by atoms with Gasteiger partial charge < -0.3 is 19.4 Å². The minimum absolute atomic E-state index is 0.103. The van der Waals surface area contributed by atoms with Gasteiger partial charge in [-0.1, -0.05) is 0 Å². The quantitative estimate of drug-likeness (QED) is 0.873. The lowest BCUT2D eigenvalue weighted by molar-refractivity contribution is -0.0851. The average Bonchev–Trinajstić information content (AvgIpc) is 2.73. The van der Waals surface area contributed by atoms with Gasteiger partial charge >= 0.3 is 0 Å². The summed E-state index contributed by atoms with van der Waals surface area (Å²) in [6, 6.07) is 4.75. The predicted octanol–water partition coefficient (Wildman–Crippen LogP) is 1.15. The van der Waals surface area contributed by atoms with Crippen molar-refractivity contribution in [3.05, 3.63) is 23.7 Å². The first kappa shape index (κ1) is 12.2. The number of nitrogens with zero attached hydrogens (tertiary/aromatic N) is 1. The summed E-state index contributed by atoms with van der Waals surface area (Å²) in [6.07, 6.45) is 1.11. The monoisotopic (exact) mass is 250 g/mol. The second kappa shape index (κ2) is 4.68. The molecular formula is C14H22N2O2. The van der Waals surface area contributed by atoms with Crippen LogP contribution >= 0.6 is 0 Å². The van der Waals surface area contributed by atoms with E-state index in [2.05, 4.69) is 29.4 Å². The highest BCUT2D eigenvalue weighted by molar-refractivity contribution is 5.21. The van der Waals surface area contributed by atoms with E-state index in [1.165, 1.54) is 0 Å². The van der Waals surface area contributed by atoms with E-state index in [1.54, 1.807) is 0 Å². The molecular weight excluding hydrogens is 228 g/mol. The minimum Gasteiger partial charge on any atom is -0.466 e. The van der Waals surface area contributed by atoms with Gasteiger partial charge in [-0.2, -0.15) is 0 Å². The summed E-state index contributed by atoms with van der Waals surface area (Å²) < 4.78 is 11.3. The highest BCUT2D eigenvalue weighted by atomic mass is 16.5. The molecule has 4 heteroatoms. The molecule has 2 aliphatic rings. The Balaban J connectivity index is 1.75. The number of likely N-dealkylation sites (N-methyl/N-ethyl adjacent to an activating group) is 1. The zero-order valence-electron chi connectivity index (χ0n) is 11.2. The number of piperazine rings is 1. The fraction of sp³-hybridized carbons (Fsp3) is 0.714. The predicted molar refractivity (Wildman–Crippen MR) is 69.8 cm³/mol. The molecule has 1 aromatic heterocycles. The van der Waals surface area contributed by atoms with Gasteiger partial charge in [-0.15, -0.1) is 0 Å². The van der Waals surface area contributed by atoms with Crippen molar-refractivity contribution in [3.8, 4) is 0 Å². The lowest BCUT2D eigenvalue weighted by atomic mass is 9.77. The van der Waals surface area contributed by atoms with Gasteiger partial charge in [0.2, 0.25) is 0 Å². The van der Waals surface area contributed by atoms with Gasteiger partial charge in [0.25, 0.3) is 0 Å². The number of ether oxygens (including phenoxy) is 1. The molecule has 1 atom stereocenters. The molecule has 0 spiro atoms. The molecule has 0 radical (unpaired) electrons. The van der Waals surface area contributed by atoms with Crippen LogP contribution in [0.3, 0.4) is 0 Å². The maximum atomic E-state index is 5.85. The van der Waals surface area contributed by atoms with Crippen LogP contribution < -0.4 is 5.32 Å². The van der Waals surface area contributed by atoms with Crippen LogP contribution in [0.25, 0.3) is 0 Å². The zero-order valence-corrected chi connectivity index (χ0v) is 11.2. The Hall–Kier alpha value is -0.840. The molecule has 0 bridgehead atoms. The summed E-state index contributed by atoms with van der Waals surface area (Å²) in [5, 5.41) is 3.48. The van der Waals surface area contributed by atoms with E-state index in [-0.39, 0.29) is 5.41 Å². The highest BCUT2D eigenvalue weighted by Gasteiger charge is 2.45. The molecule has 0 aliphatic carbocycles. The Kier molecular flexibility index (Phi) is 3.18. The van der Waals surface area contributed by atoms with E-state index in [4.69, 9.17) is 9.15 Å². The van der Waals surface area contributed by atoms with E-state index >= 15 is 0 Å². The number of hydrogen-bond acceptors (Lipinski definition) is 4. The number of furan rings is 1. The van der Waals surface area contributed by atoms with E-state index < -0.39 is 0 Å². The molecule has 3 heterocycles. The average molecular weight is 250 g/mol. The molecule has 1 aromatic rings. The lowest BCUT2D eigenvalue weighted by Gasteiger charge is -2.45. The van der Waals surface area contributed by atoms with Gasteiger partial charge in [0.15, 0.2) is 0 Å².